The molecule has 122 valence electrons. The van der Waals surface area contributed by atoms with Gasteiger partial charge in [0.2, 0.25) is 0 Å². The van der Waals surface area contributed by atoms with Gasteiger partial charge in [0.15, 0.2) is 0 Å². The SMILES string of the molecule is COc1ccccc1Nc1c(C(=O)O)cnc2c(C)c(Cl)ccc12. The van der Waals surface area contributed by atoms with Crippen molar-refractivity contribution in [2.24, 2.45) is 0 Å². The number of rotatable bonds is 4. The van der Waals surface area contributed by atoms with E-state index in [1.807, 2.05) is 25.1 Å². The summed E-state index contributed by atoms with van der Waals surface area (Å²) in [5.74, 6) is -0.445. The van der Waals surface area contributed by atoms with Crippen molar-refractivity contribution in [3.05, 3.63) is 58.7 Å². The summed E-state index contributed by atoms with van der Waals surface area (Å²) in [6.45, 7) is 1.85. The first-order chi connectivity index (χ1) is 11.5. The number of hydrogen-bond donors (Lipinski definition) is 2. The molecular weight excluding hydrogens is 328 g/mol. The van der Waals surface area contributed by atoms with E-state index >= 15 is 0 Å². The van der Waals surface area contributed by atoms with E-state index in [0.717, 1.165) is 5.56 Å². The highest BCUT2D eigenvalue weighted by atomic mass is 35.5. The van der Waals surface area contributed by atoms with Crippen LogP contribution in [0.5, 0.6) is 5.75 Å². The van der Waals surface area contributed by atoms with Crippen LogP contribution in [0.25, 0.3) is 10.9 Å². The van der Waals surface area contributed by atoms with Crippen molar-refractivity contribution < 1.29 is 14.6 Å². The molecule has 0 aliphatic heterocycles. The van der Waals surface area contributed by atoms with Gasteiger partial charge in [-0.2, -0.15) is 0 Å². The van der Waals surface area contributed by atoms with E-state index in [2.05, 4.69) is 10.3 Å². The second-order valence-electron chi connectivity index (χ2n) is 5.25. The van der Waals surface area contributed by atoms with Gasteiger partial charge in [-0.1, -0.05) is 23.7 Å². The monoisotopic (exact) mass is 342 g/mol. The van der Waals surface area contributed by atoms with Gasteiger partial charge in [-0.15, -0.1) is 0 Å². The summed E-state index contributed by atoms with van der Waals surface area (Å²) < 4.78 is 5.33. The maximum Gasteiger partial charge on any atom is 0.339 e. The molecule has 0 aliphatic rings. The lowest BCUT2D eigenvalue weighted by Gasteiger charge is -2.16. The van der Waals surface area contributed by atoms with Crippen LogP contribution in [0.2, 0.25) is 5.02 Å². The van der Waals surface area contributed by atoms with E-state index in [4.69, 9.17) is 16.3 Å². The fourth-order valence-corrected chi connectivity index (χ4v) is 2.71. The van der Waals surface area contributed by atoms with Crippen LogP contribution < -0.4 is 10.1 Å². The van der Waals surface area contributed by atoms with Crippen LogP contribution in [0, 0.1) is 6.92 Å². The Morgan fingerprint density at radius 3 is 2.71 bits per heavy atom. The first kappa shape index (κ1) is 16.1. The molecule has 3 aromatic rings. The van der Waals surface area contributed by atoms with Crippen LogP contribution in [0.1, 0.15) is 15.9 Å². The number of anilines is 2. The minimum absolute atomic E-state index is 0.0788. The Bertz CT molecular complexity index is 941. The zero-order valence-corrected chi connectivity index (χ0v) is 13.9. The average molecular weight is 343 g/mol. The summed E-state index contributed by atoms with van der Waals surface area (Å²) in [5.41, 5.74) is 2.66. The molecule has 0 saturated carbocycles. The zero-order chi connectivity index (χ0) is 17.3. The van der Waals surface area contributed by atoms with Crippen LogP contribution in [0.4, 0.5) is 11.4 Å². The zero-order valence-electron chi connectivity index (χ0n) is 13.1. The fraction of sp³-hybridized carbons (Fsp3) is 0.111. The highest BCUT2D eigenvalue weighted by Gasteiger charge is 2.17. The van der Waals surface area contributed by atoms with Gasteiger partial charge in [0, 0.05) is 16.6 Å². The molecular formula is C18H15ClN2O3. The maximum atomic E-state index is 11.6. The normalized spacial score (nSPS) is 10.6. The van der Waals surface area contributed by atoms with Crippen molar-refractivity contribution in [3.63, 3.8) is 0 Å². The van der Waals surface area contributed by atoms with Crippen molar-refractivity contribution in [1.82, 2.24) is 4.98 Å². The number of aromatic carboxylic acids is 1. The maximum absolute atomic E-state index is 11.6. The number of fused-ring (bicyclic) bond motifs is 1. The van der Waals surface area contributed by atoms with Crippen LogP contribution in [-0.2, 0) is 0 Å². The number of carboxylic acid groups (broad SMARTS) is 1. The number of carbonyl (C=O) groups is 1. The summed E-state index contributed by atoms with van der Waals surface area (Å²) >= 11 is 6.15. The number of nitrogens with zero attached hydrogens (tertiary/aromatic N) is 1. The smallest absolute Gasteiger partial charge is 0.339 e. The molecule has 6 heteroatoms. The fourth-order valence-electron chi connectivity index (χ4n) is 2.56. The first-order valence-electron chi connectivity index (χ1n) is 7.24. The van der Waals surface area contributed by atoms with Gasteiger partial charge in [-0.25, -0.2) is 4.79 Å². The third-order valence-electron chi connectivity index (χ3n) is 3.82. The molecule has 0 spiro atoms. The summed E-state index contributed by atoms with van der Waals surface area (Å²) in [7, 11) is 1.56. The van der Waals surface area contributed by atoms with Crippen molar-refractivity contribution in [2.45, 2.75) is 6.92 Å². The molecule has 0 atom stereocenters. The van der Waals surface area contributed by atoms with Crippen molar-refractivity contribution in [2.75, 3.05) is 12.4 Å². The standard InChI is InChI=1S/C18H15ClN2O3/c1-10-13(19)8-7-11-16(10)20-9-12(18(22)23)17(11)21-14-5-3-4-6-15(14)24-2/h3-9H,1-2H3,(H,20,21)(H,22,23). The number of benzene rings is 2. The molecule has 0 unspecified atom stereocenters. The average Bonchev–Trinajstić information content (AvgIpc) is 2.58. The Balaban J connectivity index is 2.26. The molecule has 2 N–H and O–H groups in total. The Morgan fingerprint density at radius 1 is 1.25 bits per heavy atom. The van der Waals surface area contributed by atoms with E-state index in [1.54, 1.807) is 25.3 Å². The Labute approximate surface area is 143 Å². The number of methoxy groups -OCH3 is 1. The predicted octanol–water partition coefficient (Wildman–Crippen LogP) is 4.65. The third-order valence-corrected chi connectivity index (χ3v) is 4.23. The van der Waals surface area contributed by atoms with Gasteiger partial charge >= 0.3 is 5.97 Å². The number of aromatic nitrogens is 1. The number of carboxylic acids is 1. The highest BCUT2D eigenvalue weighted by Crippen LogP contribution is 2.35. The molecule has 0 bridgehead atoms. The third kappa shape index (κ3) is 2.74. The Hall–Kier alpha value is -2.79. The lowest BCUT2D eigenvalue weighted by molar-refractivity contribution is 0.0697. The highest BCUT2D eigenvalue weighted by molar-refractivity contribution is 6.32. The molecule has 24 heavy (non-hydrogen) atoms. The van der Waals surface area contributed by atoms with Gasteiger partial charge in [0.05, 0.1) is 24.0 Å². The van der Waals surface area contributed by atoms with Gasteiger partial charge < -0.3 is 15.2 Å². The van der Waals surface area contributed by atoms with Crippen molar-refractivity contribution in [1.29, 1.82) is 0 Å². The second kappa shape index (κ2) is 6.37. The van der Waals surface area contributed by atoms with Crippen LogP contribution in [0.15, 0.2) is 42.6 Å². The molecule has 0 radical (unpaired) electrons. The lowest BCUT2D eigenvalue weighted by atomic mass is 10.1. The van der Waals surface area contributed by atoms with E-state index in [9.17, 15) is 9.90 Å². The van der Waals surface area contributed by atoms with Gasteiger partial charge in [-0.3, -0.25) is 4.98 Å². The number of pyridine rings is 1. The largest absolute Gasteiger partial charge is 0.495 e. The first-order valence-corrected chi connectivity index (χ1v) is 7.62. The molecule has 1 aromatic heterocycles. The van der Waals surface area contributed by atoms with E-state index in [1.165, 1.54) is 6.20 Å². The minimum Gasteiger partial charge on any atom is -0.495 e. The molecule has 0 aliphatic carbocycles. The molecule has 5 nitrogen and oxygen atoms in total. The molecule has 1 heterocycles. The van der Waals surface area contributed by atoms with E-state index in [-0.39, 0.29) is 5.56 Å². The number of aryl methyl sites for hydroxylation is 1. The number of hydrogen-bond acceptors (Lipinski definition) is 4. The van der Waals surface area contributed by atoms with Gasteiger partial charge in [0.25, 0.3) is 0 Å². The van der Waals surface area contributed by atoms with Crippen LogP contribution in [0.3, 0.4) is 0 Å². The lowest BCUT2D eigenvalue weighted by Crippen LogP contribution is -2.06. The Kier molecular flexibility index (Phi) is 4.27. The molecule has 0 fully saturated rings. The molecule has 3 rings (SSSR count). The summed E-state index contributed by atoms with van der Waals surface area (Å²) in [5, 5.41) is 14.0. The summed E-state index contributed by atoms with van der Waals surface area (Å²) in [6, 6.07) is 10.8. The second-order valence-corrected chi connectivity index (χ2v) is 5.65. The quantitative estimate of drug-likeness (QED) is 0.722. The predicted molar refractivity (Wildman–Crippen MR) is 94.7 cm³/mol. The molecule has 2 aromatic carbocycles. The van der Waals surface area contributed by atoms with Gasteiger partial charge in [-0.05, 0) is 36.8 Å². The minimum atomic E-state index is -1.06. The molecule has 0 saturated heterocycles. The van der Waals surface area contributed by atoms with Gasteiger partial charge in [0.1, 0.15) is 11.3 Å². The number of nitrogens with one attached hydrogen (secondary N) is 1. The number of halogens is 1. The van der Waals surface area contributed by atoms with Crippen molar-refractivity contribution in [3.8, 4) is 5.75 Å². The Morgan fingerprint density at radius 2 is 2.00 bits per heavy atom. The molecule has 0 amide bonds. The number of ether oxygens (including phenoxy) is 1. The van der Waals surface area contributed by atoms with E-state index in [0.29, 0.717) is 33.0 Å². The van der Waals surface area contributed by atoms with Crippen LogP contribution >= 0.6 is 11.6 Å². The number of para-hydroxylation sites is 2. The van der Waals surface area contributed by atoms with Crippen LogP contribution in [-0.4, -0.2) is 23.2 Å². The summed E-state index contributed by atoms with van der Waals surface area (Å²) in [6.07, 6.45) is 1.34. The topological polar surface area (TPSA) is 71.5 Å². The van der Waals surface area contributed by atoms with E-state index < -0.39 is 5.97 Å². The van der Waals surface area contributed by atoms with Crippen molar-refractivity contribution >= 4 is 39.8 Å². The summed E-state index contributed by atoms with van der Waals surface area (Å²) in [4.78, 5) is 15.9.